The second-order valence-corrected chi connectivity index (χ2v) is 5.65. The number of carbonyl (C=O) groups excluding carboxylic acids is 1. The molecular formula is C16H23N5O. The number of hydrogen-bond acceptors (Lipinski definition) is 4. The first-order valence-electron chi connectivity index (χ1n) is 7.40. The zero-order valence-electron chi connectivity index (χ0n) is 13.6. The molecule has 0 saturated carbocycles. The van der Waals surface area contributed by atoms with Gasteiger partial charge >= 0.3 is 0 Å². The van der Waals surface area contributed by atoms with Crippen molar-refractivity contribution in [3.63, 3.8) is 0 Å². The fourth-order valence-corrected chi connectivity index (χ4v) is 2.25. The highest BCUT2D eigenvalue weighted by Gasteiger charge is 2.17. The minimum Gasteiger partial charge on any atom is -0.347 e. The number of nitrogens with one attached hydrogen (secondary N) is 1. The van der Waals surface area contributed by atoms with E-state index in [0.717, 1.165) is 12.8 Å². The lowest BCUT2D eigenvalue weighted by atomic mass is 10.1. The van der Waals surface area contributed by atoms with Gasteiger partial charge in [0.15, 0.2) is 0 Å². The predicted octanol–water partition coefficient (Wildman–Crippen LogP) is 1.63. The van der Waals surface area contributed by atoms with Gasteiger partial charge in [0.1, 0.15) is 0 Å². The maximum atomic E-state index is 12.2. The van der Waals surface area contributed by atoms with Crippen LogP contribution in [0.2, 0.25) is 0 Å². The summed E-state index contributed by atoms with van der Waals surface area (Å²) in [6.07, 6.45) is 1.81. The van der Waals surface area contributed by atoms with Crippen molar-refractivity contribution < 1.29 is 4.79 Å². The Bertz CT molecular complexity index is 621. The van der Waals surface area contributed by atoms with Crippen molar-refractivity contribution >= 4 is 11.9 Å². The molecule has 0 aliphatic heterocycles. The SMILES string of the molecule is CC(CCc1ccccc1)NC(=O)c1nc(N(C)C)n(C)n1. The second kappa shape index (κ2) is 7.06. The highest BCUT2D eigenvalue weighted by molar-refractivity contribution is 5.90. The summed E-state index contributed by atoms with van der Waals surface area (Å²) in [4.78, 5) is 18.3. The Kier molecular flexibility index (Phi) is 5.14. The molecule has 1 amide bonds. The van der Waals surface area contributed by atoms with Crippen LogP contribution in [-0.2, 0) is 13.5 Å². The zero-order valence-corrected chi connectivity index (χ0v) is 13.6. The van der Waals surface area contributed by atoms with E-state index < -0.39 is 0 Å². The molecule has 0 spiro atoms. The number of nitrogens with zero attached hydrogens (tertiary/aromatic N) is 4. The molecule has 2 rings (SSSR count). The zero-order chi connectivity index (χ0) is 16.1. The molecule has 1 heterocycles. The standard InChI is InChI=1S/C16H23N5O/c1-12(10-11-13-8-6-5-7-9-13)17-15(22)14-18-16(20(2)3)21(4)19-14/h5-9,12H,10-11H2,1-4H3,(H,17,22). The first-order chi connectivity index (χ1) is 10.5. The van der Waals surface area contributed by atoms with Crippen LogP contribution in [0.15, 0.2) is 30.3 Å². The molecule has 1 unspecified atom stereocenters. The van der Waals surface area contributed by atoms with Gasteiger partial charge in [-0.25, -0.2) is 4.68 Å². The van der Waals surface area contributed by atoms with Crippen molar-refractivity contribution in [2.75, 3.05) is 19.0 Å². The predicted molar refractivity (Wildman–Crippen MR) is 87.0 cm³/mol. The average Bonchev–Trinajstić information content (AvgIpc) is 2.88. The van der Waals surface area contributed by atoms with Crippen molar-refractivity contribution in [1.82, 2.24) is 20.1 Å². The van der Waals surface area contributed by atoms with Crippen LogP contribution in [0, 0.1) is 0 Å². The highest BCUT2D eigenvalue weighted by Crippen LogP contribution is 2.08. The molecule has 0 aliphatic rings. The normalized spacial score (nSPS) is 12.0. The van der Waals surface area contributed by atoms with E-state index >= 15 is 0 Å². The summed E-state index contributed by atoms with van der Waals surface area (Å²) in [5.41, 5.74) is 1.27. The van der Waals surface area contributed by atoms with Crippen molar-refractivity contribution in [2.45, 2.75) is 25.8 Å². The first-order valence-corrected chi connectivity index (χ1v) is 7.40. The van der Waals surface area contributed by atoms with Gasteiger partial charge in [-0.05, 0) is 25.3 Å². The smallest absolute Gasteiger partial charge is 0.291 e. The maximum absolute atomic E-state index is 12.2. The molecule has 0 bridgehead atoms. The maximum Gasteiger partial charge on any atom is 0.291 e. The minimum atomic E-state index is -0.232. The Morgan fingerprint density at radius 2 is 2.00 bits per heavy atom. The number of carbonyl (C=O) groups is 1. The summed E-state index contributed by atoms with van der Waals surface area (Å²) >= 11 is 0. The monoisotopic (exact) mass is 301 g/mol. The minimum absolute atomic E-state index is 0.0688. The summed E-state index contributed by atoms with van der Waals surface area (Å²) in [7, 11) is 5.51. The number of amides is 1. The molecule has 118 valence electrons. The van der Waals surface area contributed by atoms with Gasteiger partial charge < -0.3 is 10.2 Å². The fraction of sp³-hybridized carbons (Fsp3) is 0.438. The lowest BCUT2D eigenvalue weighted by Crippen LogP contribution is -2.33. The first kappa shape index (κ1) is 16.0. The van der Waals surface area contributed by atoms with E-state index in [0.29, 0.717) is 5.95 Å². The van der Waals surface area contributed by atoms with Gasteiger partial charge in [0.05, 0.1) is 0 Å². The van der Waals surface area contributed by atoms with Gasteiger partial charge in [0, 0.05) is 27.2 Å². The second-order valence-electron chi connectivity index (χ2n) is 5.65. The molecule has 0 aliphatic carbocycles. The lowest BCUT2D eigenvalue weighted by Gasteiger charge is -2.12. The van der Waals surface area contributed by atoms with Crippen LogP contribution in [-0.4, -0.2) is 40.8 Å². The number of rotatable bonds is 6. The van der Waals surface area contributed by atoms with E-state index in [-0.39, 0.29) is 17.8 Å². The van der Waals surface area contributed by atoms with Gasteiger partial charge in [-0.15, -0.1) is 5.10 Å². The molecule has 22 heavy (non-hydrogen) atoms. The van der Waals surface area contributed by atoms with Crippen LogP contribution in [0.3, 0.4) is 0 Å². The average molecular weight is 301 g/mol. The van der Waals surface area contributed by atoms with E-state index in [4.69, 9.17) is 0 Å². The molecule has 6 nitrogen and oxygen atoms in total. The van der Waals surface area contributed by atoms with E-state index in [2.05, 4.69) is 27.5 Å². The number of aromatic nitrogens is 3. The van der Waals surface area contributed by atoms with Crippen LogP contribution in [0.25, 0.3) is 0 Å². The summed E-state index contributed by atoms with van der Waals surface area (Å²) in [5, 5.41) is 7.11. The molecule has 0 fully saturated rings. The van der Waals surface area contributed by atoms with Gasteiger partial charge in [-0.2, -0.15) is 4.98 Å². The largest absolute Gasteiger partial charge is 0.347 e. The van der Waals surface area contributed by atoms with Crippen molar-refractivity contribution in [3.05, 3.63) is 41.7 Å². The Morgan fingerprint density at radius 1 is 1.32 bits per heavy atom. The van der Waals surface area contributed by atoms with E-state index in [9.17, 15) is 4.79 Å². The number of hydrogen-bond donors (Lipinski definition) is 1. The Labute approximate surface area is 131 Å². The highest BCUT2D eigenvalue weighted by atomic mass is 16.2. The number of anilines is 1. The van der Waals surface area contributed by atoms with E-state index in [1.54, 1.807) is 11.7 Å². The third-order valence-corrected chi connectivity index (χ3v) is 3.43. The molecule has 1 aromatic carbocycles. The summed E-state index contributed by atoms with van der Waals surface area (Å²) in [6, 6.07) is 10.3. The van der Waals surface area contributed by atoms with Crippen LogP contribution in [0.1, 0.15) is 29.5 Å². The molecule has 1 atom stereocenters. The number of benzene rings is 1. The fourth-order valence-electron chi connectivity index (χ4n) is 2.25. The molecule has 2 aromatic rings. The molecule has 0 saturated heterocycles. The van der Waals surface area contributed by atoms with Crippen LogP contribution in [0.5, 0.6) is 0 Å². The van der Waals surface area contributed by atoms with Crippen LogP contribution >= 0.6 is 0 Å². The van der Waals surface area contributed by atoms with Gasteiger partial charge in [0.2, 0.25) is 11.8 Å². The molecule has 1 aromatic heterocycles. The van der Waals surface area contributed by atoms with Crippen molar-refractivity contribution in [1.29, 1.82) is 0 Å². The summed E-state index contributed by atoms with van der Waals surface area (Å²) < 4.78 is 1.60. The Hall–Kier alpha value is -2.37. The number of aryl methyl sites for hydroxylation is 2. The molecule has 0 radical (unpaired) electrons. The summed E-state index contributed by atoms with van der Waals surface area (Å²) in [6.45, 7) is 2.00. The van der Waals surface area contributed by atoms with Gasteiger partial charge in [0.25, 0.3) is 5.91 Å². The van der Waals surface area contributed by atoms with Crippen molar-refractivity contribution in [2.24, 2.45) is 7.05 Å². The van der Waals surface area contributed by atoms with Crippen LogP contribution in [0.4, 0.5) is 5.95 Å². The molecular weight excluding hydrogens is 278 g/mol. The third-order valence-electron chi connectivity index (χ3n) is 3.43. The molecule has 1 N–H and O–H groups in total. The third kappa shape index (κ3) is 4.07. The van der Waals surface area contributed by atoms with Crippen LogP contribution < -0.4 is 10.2 Å². The van der Waals surface area contributed by atoms with E-state index in [1.807, 2.05) is 44.1 Å². The lowest BCUT2D eigenvalue weighted by molar-refractivity contribution is 0.0928. The quantitative estimate of drug-likeness (QED) is 0.881. The van der Waals surface area contributed by atoms with Gasteiger partial charge in [-0.3, -0.25) is 4.79 Å². The van der Waals surface area contributed by atoms with Crippen molar-refractivity contribution in [3.8, 4) is 0 Å². The molecule has 6 heteroatoms. The Balaban J connectivity index is 1.89. The Morgan fingerprint density at radius 3 is 2.59 bits per heavy atom. The van der Waals surface area contributed by atoms with E-state index in [1.165, 1.54) is 5.56 Å². The summed E-state index contributed by atoms with van der Waals surface area (Å²) in [5.74, 6) is 0.629. The topological polar surface area (TPSA) is 63.1 Å². The van der Waals surface area contributed by atoms with Gasteiger partial charge in [-0.1, -0.05) is 30.3 Å².